The first kappa shape index (κ1) is 20.1. The molecule has 0 aromatic carbocycles. The minimum Gasteiger partial charge on any atom is -0.477 e. The SMILES string of the molecule is O=C(O)c1ccc2nc(CN3CCC(c4cccc(=O)[nH]4)=CC3=O)n(CC3CCO3)c2n1. The molecule has 1 saturated heterocycles. The van der Waals surface area contributed by atoms with E-state index in [1.807, 2.05) is 4.57 Å². The molecule has 1 atom stereocenters. The Morgan fingerprint density at radius 2 is 2.06 bits per heavy atom. The number of carboxylic acids is 1. The van der Waals surface area contributed by atoms with Crippen LogP contribution in [-0.2, 0) is 22.6 Å². The lowest BCUT2D eigenvalue weighted by molar-refractivity contribution is -0.127. The van der Waals surface area contributed by atoms with E-state index < -0.39 is 5.97 Å². The average molecular weight is 435 g/mol. The largest absolute Gasteiger partial charge is 0.477 e. The van der Waals surface area contributed by atoms with Gasteiger partial charge in [0.2, 0.25) is 11.5 Å². The number of aromatic nitrogens is 4. The van der Waals surface area contributed by atoms with Crippen molar-refractivity contribution >= 4 is 28.6 Å². The van der Waals surface area contributed by atoms with Crippen LogP contribution >= 0.6 is 0 Å². The normalized spacial score (nSPS) is 18.5. The van der Waals surface area contributed by atoms with Crippen LogP contribution in [0.3, 0.4) is 0 Å². The third-order valence-electron chi connectivity index (χ3n) is 5.78. The highest BCUT2D eigenvalue weighted by atomic mass is 16.5. The number of fused-ring (bicyclic) bond motifs is 1. The van der Waals surface area contributed by atoms with Crippen molar-refractivity contribution in [1.82, 2.24) is 24.4 Å². The van der Waals surface area contributed by atoms with Gasteiger partial charge < -0.3 is 24.3 Å². The summed E-state index contributed by atoms with van der Waals surface area (Å²) in [6.45, 7) is 1.93. The molecule has 5 heterocycles. The molecule has 1 amide bonds. The summed E-state index contributed by atoms with van der Waals surface area (Å²) in [7, 11) is 0. The van der Waals surface area contributed by atoms with Gasteiger partial charge in [0.25, 0.3) is 0 Å². The quantitative estimate of drug-likeness (QED) is 0.599. The third-order valence-corrected chi connectivity index (χ3v) is 5.78. The van der Waals surface area contributed by atoms with Gasteiger partial charge in [0.1, 0.15) is 11.3 Å². The number of imidazole rings is 1. The summed E-state index contributed by atoms with van der Waals surface area (Å²) in [6, 6.07) is 7.93. The highest BCUT2D eigenvalue weighted by Crippen LogP contribution is 2.24. The number of hydrogen-bond donors (Lipinski definition) is 2. The molecule has 5 rings (SSSR count). The summed E-state index contributed by atoms with van der Waals surface area (Å²) in [4.78, 5) is 49.1. The van der Waals surface area contributed by atoms with Crippen molar-refractivity contribution < 1.29 is 19.4 Å². The van der Waals surface area contributed by atoms with Crippen molar-refractivity contribution in [3.8, 4) is 0 Å². The zero-order valence-electron chi connectivity index (χ0n) is 17.2. The molecule has 0 spiro atoms. The number of carbonyl (C=O) groups excluding carboxylic acids is 1. The van der Waals surface area contributed by atoms with Gasteiger partial charge in [-0.05, 0) is 36.6 Å². The predicted molar refractivity (Wildman–Crippen MR) is 114 cm³/mol. The molecule has 164 valence electrons. The average Bonchev–Trinajstić information content (AvgIpc) is 3.08. The first-order chi connectivity index (χ1) is 15.5. The Kier molecular flexibility index (Phi) is 5.06. The lowest BCUT2D eigenvalue weighted by Gasteiger charge is -2.29. The van der Waals surface area contributed by atoms with Crippen LogP contribution in [0.25, 0.3) is 16.7 Å². The van der Waals surface area contributed by atoms with Crippen LogP contribution in [0.1, 0.15) is 34.8 Å². The van der Waals surface area contributed by atoms with Crippen molar-refractivity contribution in [2.75, 3.05) is 13.2 Å². The van der Waals surface area contributed by atoms with Crippen LogP contribution in [0.15, 0.2) is 41.2 Å². The Hall–Kier alpha value is -3.79. The Balaban J connectivity index is 1.44. The molecule has 2 N–H and O–H groups in total. The van der Waals surface area contributed by atoms with E-state index in [0.717, 1.165) is 12.0 Å². The molecule has 3 aromatic heterocycles. The number of nitrogens with zero attached hydrogens (tertiary/aromatic N) is 4. The van der Waals surface area contributed by atoms with Crippen LogP contribution in [0, 0.1) is 0 Å². The first-order valence-electron chi connectivity index (χ1n) is 10.4. The zero-order valence-corrected chi connectivity index (χ0v) is 17.2. The number of carboxylic acid groups (broad SMARTS) is 1. The van der Waals surface area contributed by atoms with E-state index in [-0.39, 0.29) is 29.8 Å². The number of carbonyl (C=O) groups is 2. The summed E-state index contributed by atoms with van der Waals surface area (Å²) < 4.78 is 7.41. The Morgan fingerprint density at radius 3 is 2.75 bits per heavy atom. The topological polar surface area (TPSA) is 130 Å². The van der Waals surface area contributed by atoms with Crippen LogP contribution < -0.4 is 5.56 Å². The number of amides is 1. The van der Waals surface area contributed by atoms with Gasteiger partial charge >= 0.3 is 5.97 Å². The second kappa shape index (κ2) is 8.04. The standard InChI is InChI=1S/C22H21N5O5/c28-19-3-1-2-15(24-19)13-6-8-26(20(29)10-13)12-18-23-16-4-5-17(22(30)31)25-21(16)27(18)11-14-7-9-32-14/h1-5,10,14H,6-9,11-12H2,(H,24,28)(H,30,31). The predicted octanol–water partition coefficient (Wildman–Crippen LogP) is 1.42. The summed E-state index contributed by atoms with van der Waals surface area (Å²) in [5, 5.41) is 9.31. The molecule has 0 bridgehead atoms. The third kappa shape index (κ3) is 3.80. The minimum absolute atomic E-state index is 0.0138. The molecule has 1 unspecified atom stereocenters. The first-order valence-corrected chi connectivity index (χ1v) is 10.4. The minimum atomic E-state index is -1.11. The number of ether oxygens (including phenoxy) is 1. The van der Waals surface area contributed by atoms with Gasteiger partial charge in [-0.3, -0.25) is 9.59 Å². The number of H-pyrrole nitrogens is 1. The molecule has 0 aliphatic carbocycles. The molecule has 32 heavy (non-hydrogen) atoms. The second-order valence-corrected chi connectivity index (χ2v) is 7.87. The number of aromatic carboxylic acids is 1. The van der Waals surface area contributed by atoms with Crippen molar-refractivity contribution in [3.63, 3.8) is 0 Å². The van der Waals surface area contributed by atoms with E-state index >= 15 is 0 Å². The zero-order chi connectivity index (χ0) is 22.2. The molecule has 10 heteroatoms. The molecular formula is C22H21N5O5. The van der Waals surface area contributed by atoms with Crippen molar-refractivity contribution in [2.45, 2.75) is 32.0 Å². The molecule has 1 fully saturated rings. The maximum absolute atomic E-state index is 12.8. The second-order valence-electron chi connectivity index (χ2n) is 7.87. The Labute approximate surface area is 182 Å². The van der Waals surface area contributed by atoms with E-state index in [2.05, 4.69) is 15.0 Å². The highest BCUT2D eigenvalue weighted by molar-refractivity contribution is 5.96. The van der Waals surface area contributed by atoms with Crippen molar-refractivity contribution in [1.29, 1.82) is 0 Å². The monoisotopic (exact) mass is 435 g/mol. The van der Waals surface area contributed by atoms with Crippen LogP contribution in [0.2, 0.25) is 0 Å². The maximum atomic E-state index is 12.8. The van der Waals surface area contributed by atoms with Gasteiger partial charge in [-0.1, -0.05) is 6.07 Å². The fraction of sp³-hybridized carbons (Fsp3) is 0.318. The molecule has 3 aromatic rings. The van der Waals surface area contributed by atoms with Gasteiger partial charge in [0.15, 0.2) is 11.3 Å². The highest BCUT2D eigenvalue weighted by Gasteiger charge is 2.26. The van der Waals surface area contributed by atoms with E-state index in [4.69, 9.17) is 4.74 Å². The van der Waals surface area contributed by atoms with Crippen molar-refractivity contribution in [3.05, 3.63) is 64.0 Å². The van der Waals surface area contributed by atoms with Crippen molar-refractivity contribution in [2.24, 2.45) is 0 Å². The van der Waals surface area contributed by atoms with E-state index in [1.54, 1.807) is 23.1 Å². The number of pyridine rings is 2. The van der Waals surface area contributed by atoms with Gasteiger partial charge in [-0.2, -0.15) is 0 Å². The number of nitrogens with one attached hydrogen (secondary N) is 1. The molecule has 10 nitrogen and oxygen atoms in total. The smallest absolute Gasteiger partial charge is 0.354 e. The number of aromatic amines is 1. The van der Waals surface area contributed by atoms with Gasteiger partial charge in [0.05, 0.1) is 19.2 Å². The molecule has 0 radical (unpaired) electrons. The summed E-state index contributed by atoms with van der Waals surface area (Å²) >= 11 is 0. The lowest BCUT2D eigenvalue weighted by Crippen LogP contribution is -2.36. The fourth-order valence-electron chi connectivity index (χ4n) is 3.97. The molecule has 2 aliphatic heterocycles. The van der Waals surface area contributed by atoms with Gasteiger partial charge in [-0.15, -0.1) is 0 Å². The van der Waals surface area contributed by atoms with Gasteiger partial charge in [-0.25, -0.2) is 14.8 Å². The number of hydrogen-bond acceptors (Lipinski definition) is 6. The van der Waals surface area contributed by atoms with Gasteiger partial charge in [0, 0.05) is 31.0 Å². The summed E-state index contributed by atoms with van der Waals surface area (Å²) in [5.41, 5.74) is 2.21. The summed E-state index contributed by atoms with van der Waals surface area (Å²) in [5.74, 6) is -0.651. The van der Waals surface area contributed by atoms with E-state index in [9.17, 15) is 19.5 Å². The maximum Gasteiger partial charge on any atom is 0.354 e. The van der Waals surface area contributed by atoms with Crippen LogP contribution in [0.4, 0.5) is 0 Å². The Morgan fingerprint density at radius 1 is 1.22 bits per heavy atom. The van der Waals surface area contributed by atoms with Crippen LogP contribution in [0.5, 0.6) is 0 Å². The van der Waals surface area contributed by atoms with E-state index in [1.165, 1.54) is 18.2 Å². The fourth-order valence-corrected chi connectivity index (χ4v) is 3.97. The number of rotatable bonds is 6. The molecule has 0 saturated carbocycles. The van der Waals surface area contributed by atoms with E-state index in [0.29, 0.717) is 48.8 Å². The Bertz CT molecular complexity index is 1300. The molecule has 2 aliphatic rings. The summed E-state index contributed by atoms with van der Waals surface area (Å²) in [6.07, 6.45) is 3.05. The van der Waals surface area contributed by atoms with Crippen LogP contribution in [-0.4, -0.2) is 60.7 Å². The molecular weight excluding hydrogens is 414 g/mol. The lowest BCUT2D eigenvalue weighted by atomic mass is 10.0.